The lowest BCUT2D eigenvalue weighted by Gasteiger charge is -2.26. The maximum absolute atomic E-state index is 11.2. The number of nitrogens with zero attached hydrogens (tertiary/aromatic N) is 3. The molecule has 0 spiro atoms. The molecule has 0 fully saturated rings. The van der Waals surface area contributed by atoms with Crippen LogP contribution in [0.15, 0.2) is 12.3 Å². The molecule has 0 atom stereocenters. The van der Waals surface area contributed by atoms with Crippen LogP contribution in [0.4, 0.5) is 5.82 Å². The number of aromatic nitrogens is 2. The molecule has 5 heteroatoms. The van der Waals surface area contributed by atoms with Crippen molar-refractivity contribution in [3.05, 3.63) is 18.1 Å². The number of primary amides is 1. The molecule has 106 valence electrons. The van der Waals surface area contributed by atoms with Gasteiger partial charge in [0.05, 0.1) is 6.54 Å². The lowest BCUT2D eigenvalue weighted by Crippen LogP contribution is -2.37. The second kappa shape index (κ2) is 5.99. The Morgan fingerprint density at radius 1 is 1.42 bits per heavy atom. The van der Waals surface area contributed by atoms with Crippen LogP contribution in [0.2, 0.25) is 0 Å². The minimum absolute atomic E-state index is 0.119. The topological polar surface area (TPSA) is 72.1 Å². The summed E-state index contributed by atoms with van der Waals surface area (Å²) in [5.74, 6) is 1.60. The molecule has 1 amide bonds. The number of carbonyl (C=O) groups excluding carboxylic acids is 1. The van der Waals surface area contributed by atoms with Gasteiger partial charge in [0, 0.05) is 18.2 Å². The van der Waals surface area contributed by atoms with Gasteiger partial charge >= 0.3 is 0 Å². The van der Waals surface area contributed by atoms with E-state index in [0.717, 1.165) is 18.2 Å². The van der Waals surface area contributed by atoms with Crippen molar-refractivity contribution in [2.75, 3.05) is 18.0 Å². The van der Waals surface area contributed by atoms with Gasteiger partial charge in [0.25, 0.3) is 0 Å². The monoisotopic (exact) mass is 264 g/mol. The van der Waals surface area contributed by atoms with Crippen LogP contribution < -0.4 is 10.6 Å². The van der Waals surface area contributed by atoms with Crippen molar-refractivity contribution in [1.82, 2.24) is 9.97 Å². The summed E-state index contributed by atoms with van der Waals surface area (Å²) < 4.78 is 0. The third-order valence-corrected chi connectivity index (χ3v) is 2.57. The van der Waals surface area contributed by atoms with Gasteiger partial charge in [-0.3, -0.25) is 4.79 Å². The largest absolute Gasteiger partial charge is 0.368 e. The number of rotatable bonds is 5. The predicted molar refractivity (Wildman–Crippen MR) is 77.0 cm³/mol. The van der Waals surface area contributed by atoms with Crippen molar-refractivity contribution >= 4 is 11.7 Å². The van der Waals surface area contributed by atoms with Gasteiger partial charge < -0.3 is 10.6 Å². The van der Waals surface area contributed by atoms with Gasteiger partial charge in [0.2, 0.25) is 5.91 Å². The zero-order valence-electron chi connectivity index (χ0n) is 12.5. The molecule has 2 N–H and O–H groups in total. The highest BCUT2D eigenvalue weighted by Gasteiger charge is 2.19. The fourth-order valence-electron chi connectivity index (χ4n) is 1.75. The van der Waals surface area contributed by atoms with Gasteiger partial charge in [-0.15, -0.1) is 0 Å². The van der Waals surface area contributed by atoms with Gasteiger partial charge in [0.15, 0.2) is 0 Å². The molecule has 0 saturated heterocycles. The van der Waals surface area contributed by atoms with Gasteiger partial charge in [-0.25, -0.2) is 9.97 Å². The zero-order chi connectivity index (χ0) is 14.6. The van der Waals surface area contributed by atoms with Crippen LogP contribution >= 0.6 is 0 Å². The summed E-state index contributed by atoms with van der Waals surface area (Å²) in [4.78, 5) is 21.9. The average Bonchev–Trinajstić information content (AvgIpc) is 2.26. The zero-order valence-corrected chi connectivity index (χ0v) is 12.5. The van der Waals surface area contributed by atoms with Gasteiger partial charge in [-0.1, -0.05) is 34.6 Å². The second-order valence-electron chi connectivity index (χ2n) is 6.23. The molecule has 0 unspecified atom stereocenters. The molecule has 0 saturated carbocycles. The van der Waals surface area contributed by atoms with Crippen molar-refractivity contribution in [3.8, 4) is 0 Å². The van der Waals surface area contributed by atoms with Gasteiger partial charge in [-0.2, -0.15) is 0 Å². The summed E-state index contributed by atoms with van der Waals surface area (Å²) in [6.07, 6.45) is 1.73. The Bertz CT molecular complexity index is 437. The summed E-state index contributed by atoms with van der Waals surface area (Å²) in [7, 11) is 0. The molecule has 1 aromatic heterocycles. The third-order valence-electron chi connectivity index (χ3n) is 2.57. The molecule has 1 aromatic rings. The Labute approximate surface area is 115 Å². The first kappa shape index (κ1) is 15.4. The molecular formula is C14H24N4O. The second-order valence-corrected chi connectivity index (χ2v) is 6.23. The van der Waals surface area contributed by atoms with E-state index in [4.69, 9.17) is 5.73 Å². The number of hydrogen-bond donors (Lipinski definition) is 1. The minimum atomic E-state index is -0.350. The average molecular weight is 264 g/mol. The number of amides is 1. The van der Waals surface area contributed by atoms with Crippen LogP contribution in [0.25, 0.3) is 0 Å². The highest BCUT2D eigenvalue weighted by atomic mass is 16.1. The van der Waals surface area contributed by atoms with E-state index < -0.39 is 0 Å². The van der Waals surface area contributed by atoms with Crippen molar-refractivity contribution < 1.29 is 4.79 Å². The van der Waals surface area contributed by atoms with Crippen molar-refractivity contribution in [2.45, 2.75) is 40.0 Å². The third kappa shape index (κ3) is 4.85. The van der Waals surface area contributed by atoms with Crippen LogP contribution in [0.1, 0.15) is 40.4 Å². The molecule has 19 heavy (non-hydrogen) atoms. The molecule has 0 radical (unpaired) electrons. The summed E-state index contributed by atoms with van der Waals surface area (Å²) in [6, 6.07) is 1.82. The summed E-state index contributed by atoms with van der Waals surface area (Å²) in [5, 5.41) is 0. The predicted octanol–water partition coefficient (Wildman–Crippen LogP) is 1.72. The molecule has 1 heterocycles. The van der Waals surface area contributed by atoms with Crippen LogP contribution in [0.3, 0.4) is 0 Å². The van der Waals surface area contributed by atoms with Crippen molar-refractivity contribution in [2.24, 2.45) is 11.7 Å². The molecule has 0 aliphatic heterocycles. The smallest absolute Gasteiger partial charge is 0.236 e. The van der Waals surface area contributed by atoms with E-state index in [1.54, 1.807) is 6.20 Å². The van der Waals surface area contributed by atoms with E-state index >= 15 is 0 Å². The minimum Gasteiger partial charge on any atom is -0.368 e. The van der Waals surface area contributed by atoms with E-state index in [0.29, 0.717) is 5.92 Å². The Balaban J connectivity index is 3.04. The first-order valence-corrected chi connectivity index (χ1v) is 6.57. The summed E-state index contributed by atoms with van der Waals surface area (Å²) >= 11 is 0. The van der Waals surface area contributed by atoms with Crippen LogP contribution in [-0.2, 0) is 10.2 Å². The maximum atomic E-state index is 11.2. The molecule has 0 bridgehead atoms. The SMILES string of the molecule is CC(C)CN(CC(N)=O)c1ccnc(C(C)(C)C)n1. The molecule has 0 aromatic carbocycles. The number of anilines is 1. The quantitative estimate of drug-likeness (QED) is 0.879. The fourth-order valence-corrected chi connectivity index (χ4v) is 1.75. The van der Waals surface area contributed by atoms with E-state index in [-0.39, 0.29) is 17.9 Å². The molecule has 1 rings (SSSR count). The van der Waals surface area contributed by atoms with Gasteiger partial charge in [0.1, 0.15) is 11.6 Å². The van der Waals surface area contributed by atoms with E-state index in [2.05, 4.69) is 44.6 Å². The summed E-state index contributed by atoms with van der Waals surface area (Å²) in [5.41, 5.74) is 5.19. The Morgan fingerprint density at radius 2 is 2.05 bits per heavy atom. The highest BCUT2D eigenvalue weighted by molar-refractivity contribution is 5.79. The van der Waals surface area contributed by atoms with Crippen LogP contribution in [-0.4, -0.2) is 29.0 Å². The normalized spacial score (nSPS) is 11.7. The van der Waals surface area contributed by atoms with Crippen LogP contribution in [0, 0.1) is 5.92 Å². The molecule has 5 nitrogen and oxygen atoms in total. The number of carbonyl (C=O) groups is 1. The Morgan fingerprint density at radius 3 is 2.53 bits per heavy atom. The molecule has 0 aliphatic rings. The van der Waals surface area contributed by atoms with E-state index in [1.165, 1.54) is 0 Å². The maximum Gasteiger partial charge on any atom is 0.236 e. The lowest BCUT2D eigenvalue weighted by atomic mass is 9.96. The van der Waals surface area contributed by atoms with Crippen molar-refractivity contribution in [3.63, 3.8) is 0 Å². The standard InChI is InChI=1S/C14H24N4O/c1-10(2)8-18(9-11(15)19)12-6-7-16-13(17-12)14(3,4)5/h6-7,10H,8-9H2,1-5H3,(H2,15,19). The van der Waals surface area contributed by atoms with Crippen molar-refractivity contribution in [1.29, 1.82) is 0 Å². The number of nitrogens with two attached hydrogens (primary N) is 1. The van der Waals surface area contributed by atoms with Gasteiger partial charge in [-0.05, 0) is 12.0 Å². The molecular weight excluding hydrogens is 240 g/mol. The Hall–Kier alpha value is -1.65. The van der Waals surface area contributed by atoms with Crippen LogP contribution in [0.5, 0.6) is 0 Å². The number of hydrogen-bond acceptors (Lipinski definition) is 4. The van der Waals surface area contributed by atoms with E-state index in [9.17, 15) is 4.79 Å². The first-order valence-electron chi connectivity index (χ1n) is 6.57. The molecule has 0 aliphatic carbocycles. The van der Waals surface area contributed by atoms with E-state index in [1.807, 2.05) is 11.0 Å². The first-order chi connectivity index (χ1) is 8.70. The fraction of sp³-hybridized carbons (Fsp3) is 0.643. The lowest BCUT2D eigenvalue weighted by molar-refractivity contribution is -0.116. The highest BCUT2D eigenvalue weighted by Crippen LogP contribution is 2.20. The Kier molecular flexibility index (Phi) is 4.86. The summed E-state index contributed by atoms with van der Waals surface area (Å²) in [6.45, 7) is 11.3.